The van der Waals surface area contributed by atoms with E-state index in [4.69, 9.17) is 0 Å². The molecule has 0 radical (unpaired) electrons. The van der Waals surface area contributed by atoms with Crippen LogP contribution < -0.4 is 24.8 Å². The van der Waals surface area contributed by atoms with Crippen molar-refractivity contribution in [1.82, 2.24) is 0 Å². The Hall–Kier alpha value is 0.629. The summed E-state index contributed by atoms with van der Waals surface area (Å²) in [5.74, 6) is 0. The van der Waals surface area contributed by atoms with Crippen molar-refractivity contribution in [3.05, 3.63) is 94.2 Å². The van der Waals surface area contributed by atoms with Crippen molar-refractivity contribution < 1.29 is 68.2 Å². The molecule has 6 heteroatoms. The molecule has 4 aliphatic carbocycles. The molecule has 0 saturated carbocycles. The Labute approximate surface area is 335 Å². The first kappa shape index (κ1) is 48.7. The Morgan fingerprint density at radius 3 is 1.22 bits per heavy atom. The average molecular weight is 770 g/mol. The number of thioether (sulfide) groups is 2. The number of hydrogen-bond donors (Lipinski definition) is 0. The monoisotopic (exact) mass is 768 g/mol. The van der Waals surface area contributed by atoms with Crippen molar-refractivity contribution >= 4 is 23.5 Å². The molecular formula is C40H58Cl2S2Ti2. The standard InChI is InChI=1S/2C20H29S.2ClH.2Ti/c2*1-15(2)21-20(14-17-9-7-8-10-17)12-11-16(3)13-18(20)19(4,5)6;;;;/h2*7,9,11,13,15H,8,12,14H2,1-6H3;2*1H;;/q2*-1;;;2*+2/p-2. The summed E-state index contributed by atoms with van der Waals surface area (Å²) in [6, 6.07) is 0. The maximum absolute atomic E-state index is 3.53. The molecule has 46 heavy (non-hydrogen) atoms. The van der Waals surface area contributed by atoms with Crippen molar-refractivity contribution in [3.8, 4) is 0 Å². The summed E-state index contributed by atoms with van der Waals surface area (Å²) in [4.78, 5) is 0. The largest absolute Gasteiger partial charge is 2.00 e. The third-order valence-corrected chi connectivity index (χ3v) is 11.2. The van der Waals surface area contributed by atoms with Crippen LogP contribution in [0.25, 0.3) is 0 Å². The molecule has 252 valence electrons. The third kappa shape index (κ3) is 13.7. The van der Waals surface area contributed by atoms with E-state index in [1.165, 1.54) is 22.3 Å². The van der Waals surface area contributed by atoms with E-state index in [2.05, 4.69) is 167 Å². The molecule has 0 aromatic heterocycles. The molecule has 2 atom stereocenters. The van der Waals surface area contributed by atoms with Gasteiger partial charge in [0.2, 0.25) is 0 Å². The van der Waals surface area contributed by atoms with Gasteiger partial charge in [-0.05, 0) is 72.0 Å². The maximum Gasteiger partial charge on any atom is 2.00 e. The maximum atomic E-state index is 3.53. The zero-order chi connectivity index (χ0) is 31.3. The summed E-state index contributed by atoms with van der Waals surface area (Å²) in [5.41, 5.74) is 9.24. The van der Waals surface area contributed by atoms with Gasteiger partial charge < -0.3 is 24.8 Å². The molecule has 0 saturated heterocycles. The topological polar surface area (TPSA) is 0 Å². The fraction of sp³-hybridized carbons (Fsp3) is 0.600. The molecule has 0 amide bonds. The van der Waals surface area contributed by atoms with Gasteiger partial charge in [0.1, 0.15) is 0 Å². The van der Waals surface area contributed by atoms with Crippen LogP contribution in [0.4, 0.5) is 0 Å². The van der Waals surface area contributed by atoms with Gasteiger partial charge in [0.15, 0.2) is 0 Å². The third-order valence-electron chi connectivity index (χ3n) is 8.26. The Morgan fingerprint density at radius 1 is 0.652 bits per heavy atom. The van der Waals surface area contributed by atoms with E-state index in [0.717, 1.165) is 38.5 Å². The minimum atomic E-state index is 0. The van der Waals surface area contributed by atoms with Crippen LogP contribution in [-0.2, 0) is 43.4 Å². The van der Waals surface area contributed by atoms with Crippen LogP contribution >= 0.6 is 23.5 Å². The Balaban J connectivity index is 0. The summed E-state index contributed by atoms with van der Waals surface area (Å²) >= 11 is 4.28. The fourth-order valence-electron chi connectivity index (χ4n) is 6.81. The molecule has 4 aliphatic rings. The summed E-state index contributed by atoms with van der Waals surface area (Å²) in [5, 5.41) is 1.27. The van der Waals surface area contributed by atoms with E-state index in [-0.39, 0.29) is 88.6 Å². The molecule has 0 aromatic rings. The van der Waals surface area contributed by atoms with Gasteiger partial charge in [-0.25, -0.2) is 23.3 Å². The Kier molecular flexibility index (Phi) is 21.7. The quantitative estimate of drug-likeness (QED) is 0.203. The molecule has 0 bridgehead atoms. The zero-order valence-electron chi connectivity index (χ0n) is 30.6. The Bertz CT molecular complexity index is 1140. The molecule has 2 unspecified atom stereocenters. The second kappa shape index (κ2) is 20.5. The molecular weight excluding hydrogens is 711 g/mol. The van der Waals surface area contributed by atoms with Crippen molar-refractivity contribution in [2.75, 3.05) is 0 Å². The second-order valence-corrected chi connectivity index (χ2v) is 19.1. The van der Waals surface area contributed by atoms with Gasteiger partial charge in [0, 0.05) is 9.49 Å². The average Bonchev–Trinajstić information content (AvgIpc) is 3.55. The van der Waals surface area contributed by atoms with Gasteiger partial charge in [-0.3, -0.25) is 12.2 Å². The molecule has 0 N–H and O–H groups in total. The molecule has 0 aromatic carbocycles. The van der Waals surface area contributed by atoms with E-state index < -0.39 is 0 Å². The van der Waals surface area contributed by atoms with E-state index in [1.54, 1.807) is 11.1 Å². The molecule has 0 aliphatic heterocycles. The first-order chi connectivity index (χ1) is 19.5. The van der Waals surface area contributed by atoms with Crippen molar-refractivity contribution in [2.45, 2.75) is 142 Å². The Morgan fingerprint density at radius 2 is 0.978 bits per heavy atom. The van der Waals surface area contributed by atoms with Crippen LogP contribution in [0, 0.1) is 23.0 Å². The predicted molar refractivity (Wildman–Crippen MR) is 193 cm³/mol. The number of allylic oxidation sites excluding steroid dienone is 14. The van der Waals surface area contributed by atoms with Crippen LogP contribution in [0.3, 0.4) is 0 Å². The van der Waals surface area contributed by atoms with Crippen LogP contribution in [0.1, 0.15) is 122 Å². The fourth-order valence-corrected chi connectivity index (χ4v) is 10.4. The number of hydrogen-bond acceptors (Lipinski definition) is 2. The van der Waals surface area contributed by atoms with Gasteiger partial charge in [-0.2, -0.15) is 12.2 Å². The van der Waals surface area contributed by atoms with Gasteiger partial charge >= 0.3 is 43.4 Å². The first-order valence-electron chi connectivity index (χ1n) is 16.1. The van der Waals surface area contributed by atoms with Gasteiger partial charge in [-0.15, -0.1) is 36.4 Å². The van der Waals surface area contributed by atoms with Crippen LogP contribution in [-0.4, -0.2) is 20.0 Å². The summed E-state index contributed by atoms with van der Waals surface area (Å²) in [6.07, 6.45) is 32.3. The molecule has 0 nitrogen and oxygen atoms in total. The molecule has 0 fully saturated rings. The first-order valence-corrected chi connectivity index (χ1v) is 17.9. The molecule has 0 spiro atoms. The summed E-state index contributed by atoms with van der Waals surface area (Å²) < 4.78 is 0.395. The number of halogens is 2. The van der Waals surface area contributed by atoms with Gasteiger partial charge in [0.25, 0.3) is 0 Å². The SMILES string of the molecule is CC1=CCC(CC2=[C-]CC=C2)(SC(C)C)C(C(C)(C)C)=C1.CC1=CCC(CC2=[C-]CC=C2)(SC(C)C)C(C(C)(C)C)=C1.[Cl-].[Cl-].[Ti+2].[Ti+2]. The normalized spacial score (nSPS) is 23.7. The minimum Gasteiger partial charge on any atom is -1.00 e. The van der Waals surface area contributed by atoms with Crippen molar-refractivity contribution in [1.29, 1.82) is 0 Å². The van der Waals surface area contributed by atoms with E-state index in [0.29, 0.717) is 10.5 Å². The van der Waals surface area contributed by atoms with E-state index in [9.17, 15) is 0 Å². The van der Waals surface area contributed by atoms with E-state index >= 15 is 0 Å². The second-order valence-electron chi connectivity index (χ2n) is 15.2. The number of rotatable bonds is 8. The van der Waals surface area contributed by atoms with Crippen LogP contribution in [0.2, 0.25) is 0 Å². The molecule has 4 rings (SSSR count). The summed E-state index contributed by atoms with van der Waals surface area (Å²) in [7, 11) is 0. The van der Waals surface area contributed by atoms with Crippen molar-refractivity contribution in [2.24, 2.45) is 10.8 Å². The van der Waals surface area contributed by atoms with E-state index in [1.807, 2.05) is 0 Å². The minimum absolute atomic E-state index is 0. The predicted octanol–water partition coefficient (Wildman–Crippen LogP) is 6.54. The van der Waals surface area contributed by atoms with Crippen LogP contribution in [0.15, 0.2) is 82.0 Å². The smallest absolute Gasteiger partial charge is 1.00 e. The van der Waals surface area contributed by atoms with Gasteiger partial charge in [0.05, 0.1) is 0 Å². The molecule has 0 heterocycles. The van der Waals surface area contributed by atoms with Crippen LogP contribution in [0.5, 0.6) is 0 Å². The summed E-state index contributed by atoms with van der Waals surface area (Å²) in [6.45, 7) is 27.9. The van der Waals surface area contributed by atoms with Gasteiger partial charge in [-0.1, -0.05) is 105 Å². The zero-order valence-corrected chi connectivity index (χ0v) is 36.9. The van der Waals surface area contributed by atoms with Crippen molar-refractivity contribution in [3.63, 3.8) is 0 Å².